The lowest BCUT2D eigenvalue weighted by Crippen LogP contribution is -2.34. The predicted octanol–water partition coefficient (Wildman–Crippen LogP) is 4.58. The van der Waals surface area contributed by atoms with Crippen molar-refractivity contribution in [1.29, 1.82) is 0 Å². The van der Waals surface area contributed by atoms with E-state index in [4.69, 9.17) is 16.3 Å². The molecule has 2 amide bonds. The standard InChI is InChI=1S/C21H25ClN2O3/c1-5-19(27-15-10-11-17(22)14(4)12-15)21(26)24-18-9-7-6-8-16(18)20(25)23-13(2)3/h6-13,19H,5H2,1-4H3,(H,23,25)(H,24,26)/t19-/m0/s1. The van der Waals surface area contributed by atoms with Crippen LogP contribution in [-0.2, 0) is 4.79 Å². The highest BCUT2D eigenvalue weighted by atomic mass is 35.5. The smallest absolute Gasteiger partial charge is 0.265 e. The summed E-state index contributed by atoms with van der Waals surface area (Å²) in [6.45, 7) is 7.51. The highest BCUT2D eigenvalue weighted by molar-refractivity contribution is 6.31. The van der Waals surface area contributed by atoms with E-state index < -0.39 is 6.10 Å². The molecule has 0 aliphatic heterocycles. The number of aryl methyl sites for hydroxylation is 1. The molecule has 0 aliphatic rings. The zero-order valence-corrected chi connectivity index (χ0v) is 16.8. The molecule has 2 rings (SSSR count). The van der Waals surface area contributed by atoms with Gasteiger partial charge in [0.15, 0.2) is 6.10 Å². The van der Waals surface area contributed by atoms with Crippen LogP contribution in [0.5, 0.6) is 5.75 Å². The number of hydrogen-bond acceptors (Lipinski definition) is 3. The molecule has 144 valence electrons. The highest BCUT2D eigenvalue weighted by Gasteiger charge is 2.21. The Kier molecular flexibility index (Phi) is 7.25. The van der Waals surface area contributed by atoms with Gasteiger partial charge in [0.1, 0.15) is 5.75 Å². The number of halogens is 1. The first-order valence-electron chi connectivity index (χ1n) is 8.95. The maximum absolute atomic E-state index is 12.7. The molecule has 0 aliphatic carbocycles. The second kappa shape index (κ2) is 9.42. The molecule has 0 aromatic heterocycles. The molecule has 0 unspecified atom stereocenters. The van der Waals surface area contributed by atoms with Crippen LogP contribution in [-0.4, -0.2) is 24.0 Å². The Hall–Kier alpha value is -2.53. The Morgan fingerprint density at radius 2 is 1.85 bits per heavy atom. The van der Waals surface area contributed by atoms with Gasteiger partial charge < -0.3 is 15.4 Å². The number of carbonyl (C=O) groups is 2. The number of amides is 2. The molecule has 0 saturated heterocycles. The van der Waals surface area contributed by atoms with Crippen molar-refractivity contribution in [3.8, 4) is 5.75 Å². The average Bonchev–Trinajstić information content (AvgIpc) is 2.62. The largest absolute Gasteiger partial charge is 0.481 e. The monoisotopic (exact) mass is 388 g/mol. The van der Waals surface area contributed by atoms with Gasteiger partial charge in [0.2, 0.25) is 0 Å². The van der Waals surface area contributed by atoms with Crippen LogP contribution in [0.4, 0.5) is 5.69 Å². The van der Waals surface area contributed by atoms with Gasteiger partial charge in [-0.25, -0.2) is 0 Å². The lowest BCUT2D eigenvalue weighted by atomic mass is 10.1. The maximum Gasteiger partial charge on any atom is 0.265 e. The van der Waals surface area contributed by atoms with Crippen molar-refractivity contribution in [2.45, 2.75) is 46.3 Å². The Morgan fingerprint density at radius 1 is 1.15 bits per heavy atom. The number of anilines is 1. The maximum atomic E-state index is 12.7. The van der Waals surface area contributed by atoms with Crippen LogP contribution in [0.3, 0.4) is 0 Å². The quantitative estimate of drug-likeness (QED) is 0.729. The molecule has 2 aromatic rings. The van der Waals surface area contributed by atoms with Crippen molar-refractivity contribution in [2.75, 3.05) is 5.32 Å². The third kappa shape index (κ3) is 5.73. The Labute approximate surface area is 165 Å². The Morgan fingerprint density at radius 3 is 2.48 bits per heavy atom. The number of ether oxygens (including phenoxy) is 1. The van der Waals surface area contributed by atoms with Crippen LogP contribution in [0.25, 0.3) is 0 Å². The van der Waals surface area contributed by atoms with Crippen molar-refractivity contribution >= 4 is 29.1 Å². The molecular weight excluding hydrogens is 364 g/mol. The zero-order chi connectivity index (χ0) is 20.0. The SMILES string of the molecule is CC[C@H](Oc1ccc(Cl)c(C)c1)C(=O)Nc1ccccc1C(=O)NC(C)C. The molecule has 6 heteroatoms. The lowest BCUT2D eigenvalue weighted by Gasteiger charge is -2.19. The molecule has 27 heavy (non-hydrogen) atoms. The summed E-state index contributed by atoms with van der Waals surface area (Å²) in [4.78, 5) is 25.1. The average molecular weight is 389 g/mol. The first kappa shape index (κ1) is 20.8. The van der Waals surface area contributed by atoms with E-state index in [0.717, 1.165) is 5.56 Å². The Bertz CT molecular complexity index is 821. The minimum Gasteiger partial charge on any atom is -0.481 e. The van der Waals surface area contributed by atoms with Crippen LogP contribution >= 0.6 is 11.6 Å². The molecule has 1 atom stereocenters. The number of carbonyl (C=O) groups excluding carboxylic acids is 2. The van der Waals surface area contributed by atoms with Gasteiger partial charge in [-0.3, -0.25) is 9.59 Å². The lowest BCUT2D eigenvalue weighted by molar-refractivity contribution is -0.122. The summed E-state index contributed by atoms with van der Waals surface area (Å²) in [5.74, 6) is 0.0304. The van der Waals surface area contributed by atoms with Crippen molar-refractivity contribution in [3.63, 3.8) is 0 Å². The Balaban J connectivity index is 2.15. The van der Waals surface area contributed by atoms with Gasteiger partial charge in [-0.1, -0.05) is 30.7 Å². The zero-order valence-electron chi connectivity index (χ0n) is 16.0. The topological polar surface area (TPSA) is 67.4 Å². The normalized spacial score (nSPS) is 11.8. The van der Waals surface area contributed by atoms with Crippen LogP contribution in [0.15, 0.2) is 42.5 Å². The predicted molar refractivity (Wildman–Crippen MR) is 109 cm³/mol. The number of rotatable bonds is 7. The highest BCUT2D eigenvalue weighted by Crippen LogP contribution is 2.23. The minimum atomic E-state index is -0.688. The summed E-state index contributed by atoms with van der Waals surface area (Å²) < 4.78 is 5.83. The summed E-state index contributed by atoms with van der Waals surface area (Å²) >= 11 is 6.03. The van der Waals surface area contributed by atoms with Crippen LogP contribution in [0.2, 0.25) is 5.02 Å². The molecule has 0 fully saturated rings. The van der Waals surface area contributed by atoms with Gasteiger partial charge in [0.25, 0.3) is 11.8 Å². The molecule has 0 spiro atoms. The van der Waals surface area contributed by atoms with Crippen molar-refractivity contribution in [1.82, 2.24) is 5.32 Å². The first-order valence-corrected chi connectivity index (χ1v) is 9.33. The molecule has 2 N–H and O–H groups in total. The summed E-state index contributed by atoms with van der Waals surface area (Å²) in [7, 11) is 0. The van der Waals surface area contributed by atoms with Gasteiger partial charge >= 0.3 is 0 Å². The number of benzene rings is 2. The number of hydrogen-bond donors (Lipinski definition) is 2. The van der Waals surface area contributed by atoms with Crippen LogP contribution < -0.4 is 15.4 Å². The molecule has 0 bridgehead atoms. The van der Waals surface area contributed by atoms with Crippen molar-refractivity contribution in [2.24, 2.45) is 0 Å². The van der Waals surface area contributed by atoms with Crippen molar-refractivity contribution in [3.05, 3.63) is 58.6 Å². The first-order chi connectivity index (χ1) is 12.8. The fraction of sp³-hybridized carbons (Fsp3) is 0.333. The fourth-order valence-corrected chi connectivity index (χ4v) is 2.64. The number of para-hydroxylation sites is 1. The van der Waals surface area contributed by atoms with E-state index in [0.29, 0.717) is 28.4 Å². The van der Waals surface area contributed by atoms with Gasteiger partial charge in [0.05, 0.1) is 11.3 Å². The van der Waals surface area contributed by atoms with Gasteiger partial charge in [-0.15, -0.1) is 0 Å². The third-order valence-corrected chi connectivity index (χ3v) is 4.34. The molecular formula is C21H25ClN2O3. The molecule has 0 saturated carbocycles. The molecule has 0 heterocycles. The third-order valence-electron chi connectivity index (χ3n) is 3.92. The van der Waals surface area contributed by atoms with E-state index in [-0.39, 0.29) is 17.9 Å². The second-order valence-electron chi connectivity index (χ2n) is 6.59. The number of nitrogens with one attached hydrogen (secondary N) is 2. The molecule has 5 nitrogen and oxygen atoms in total. The fourth-order valence-electron chi connectivity index (χ4n) is 2.52. The van der Waals surface area contributed by atoms with Gasteiger partial charge in [0, 0.05) is 11.1 Å². The van der Waals surface area contributed by atoms with Crippen LogP contribution in [0, 0.1) is 6.92 Å². The van der Waals surface area contributed by atoms with Crippen molar-refractivity contribution < 1.29 is 14.3 Å². The van der Waals surface area contributed by atoms with E-state index in [2.05, 4.69) is 10.6 Å². The minimum absolute atomic E-state index is 0.00104. The van der Waals surface area contributed by atoms with E-state index >= 15 is 0 Å². The summed E-state index contributed by atoms with van der Waals surface area (Å²) in [6.07, 6.45) is -0.208. The summed E-state index contributed by atoms with van der Waals surface area (Å²) in [5.41, 5.74) is 1.74. The van der Waals surface area contributed by atoms with E-state index in [9.17, 15) is 9.59 Å². The van der Waals surface area contributed by atoms with Gasteiger partial charge in [-0.2, -0.15) is 0 Å². The van der Waals surface area contributed by atoms with E-state index in [1.54, 1.807) is 42.5 Å². The van der Waals surface area contributed by atoms with Crippen LogP contribution in [0.1, 0.15) is 43.1 Å². The van der Waals surface area contributed by atoms with E-state index in [1.165, 1.54) is 0 Å². The second-order valence-corrected chi connectivity index (χ2v) is 7.00. The van der Waals surface area contributed by atoms with Gasteiger partial charge in [-0.05, 0) is 63.1 Å². The molecule has 0 radical (unpaired) electrons. The van der Waals surface area contributed by atoms with E-state index in [1.807, 2.05) is 27.7 Å². The molecule has 2 aromatic carbocycles. The summed E-state index contributed by atoms with van der Waals surface area (Å²) in [5, 5.41) is 6.29. The summed E-state index contributed by atoms with van der Waals surface area (Å²) in [6, 6.07) is 12.2.